The largest absolute Gasteiger partial charge is 0.371 e. The minimum atomic E-state index is -0.402. The van der Waals surface area contributed by atoms with Crippen LogP contribution in [-0.2, 0) is 4.74 Å². The average Bonchev–Trinajstić information content (AvgIpc) is 2.97. The molecule has 1 fully saturated rings. The first-order chi connectivity index (χ1) is 6.75. The Bertz CT molecular complexity index is 350. The van der Waals surface area contributed by atoms with Crippen LogP contribution in [-0.4, -0.2) is 25.2 Å². The Morgan fingerprint density at radius 3 is 3.07 bits per heavy atom. The molecule has 1 atom stereocenters. The van der Waals surface area contributed by atoms with Crippen molar-refractivity contribution in [2.24, 2.45) is 0 Å². The van der Waals surface area contributed by atoms with E-state index in [1.807, 2.05) is 0 Å². The quantitative estimate of drug-likeness (QED) is 0.730. The van der Waals surface area contributed by atoms with Crippen LogP contribution in [0.5, 0.6) is 0 Å². The van der Waals surface area contributed by atoms with Crippen molar-refractivity contribution in [1.29, 1.82) is 0 Å². The molecule has 74 valence electrons. The molecular formula is C10H10FNO2. The van der Waals surface area contributed by atoms with Crippen molar-refractivity contribution < 1.29 is 13.9 Å². The Labute approximate surface area is 80.9 Å². The molecule has 1 aliphatic heterocycles. The SMILES string of the molecule is O=C(NC[C@@H]1CO1)c1cccc(F)c1. The number of hydrogen-bond donors (Lipinski definition) is 1. The number of hydrogen-bond acceptors (Lipinski definition) is 2. The van der Waals surface area contributed by atoms with E-state index in [0.29, 0.717) is 18.7 Å². The summed E-state index contributed by atoms with van der Waals surface area (Å²) < 4.78 is 17.7. The Morgan fingerprint density at radius 1 is 1.64 bits per heavy atom. The highest BCUT2D eigenvalue weighted by atomic mass is 19.1. The van der Waals surface area contributed by atoms with Gasteiger partial charge in [-0.3, -0.25) is 4.79 Å². The first-order valence-electron chi connectivity index (χ1n) is 4.41. The van der Waals surface area contributed by atoms with Crippen LogP contribution in [0.1, 0.15) is 10.4 Å². The highest BCUT2D eigenvalue weighted by Crippen LogP contribution is 2.07. The second kappa shape index (κ2) is 3.75. The molecule has 1 aromatic rings. The molecule has 0 spiro atoms. The van der Waals surface area contributed by atoms with Gasteiger partial charge in [-0.2, -0.15) is 0 Å². The third kappa shape index (κ3) is 2.29. The van der Waals surface area contributed by atoms with Crippen LogP contribution in [0.15, 0.2) is 24.3 Å². The van der Waals surface area contributed by atoms with Gasteiger partial charge in [0.2, 0.25) is 0 Å². The molecule has 2 rings (SSSR count). The van der Waals surface area contributed by atoms with Gasteiger partial charge in [-0.25, -0.2) is 4.39 Å². The van der Waals surface area contributed by atoms with Gasteiger partial charge in [-0.1, -0.05) is 6.07 Å². The van der Waals surface area contributed by atoms with Crippen molar-refractivity contribution >= 4 is 5.91 Å². The Hall–Kier alpha value is -1.42. The predicted molar refractivity (Wildman–Crippen MR) is 48.5 cm³/mol. The summed E-state index contributed by atoms with van der Waals surface area (Å²) in [4.78, 5) is 11.4. The number of epoxide rings is 1. The lowest BCUT2D eigenvalue weighted by Crippen LogP contribution is -2.27. The first kappa shape index (κ1) is 9.15. The van der Waals surface area contributed by atoms with E-state index in [1.54, 1.807) is 6.07 Å². The number of nitrogens with one attached hydrogen (secondary N) is 1. The highest BCUT2D eigenvalue weighted by Gasteiger charge is 2.22. The summed E-state index contributed by atoms with van der Waals surface area (Å²) in [5, 5.41) is 2.66. The van der Waals surface area contributed by atoms with Gasteiger partial charge in [-0.05, 0) is 18.2 Å². The maximum Gasteiger partial charge on any atom is 0.251 e. The van der Waals surface area contributed by atoms with Crippen molar-refractivity contribution in [2.45, 2.75) is 6.10 Å². The second-order valence-electron chi connectivity index (χ2n) is 3.18. The second-order valence-corrected chi connectivity index (χ2v) is 3.18. The lowest BCUT2D eigenvalue weighted by molar-refractivity contribution is 0.0950. The number of amides is 1. The number of halogens is 1. The third-order valence-electron chi connectivity index (χ3n) is 1.98. The highest BCUT2D eigenvalue weighted by molar-refractivity contribution is 5.94. The molecule has 3 nitrogen and oxygen atoms in total. The molecule has 0 aliphatic carbocycles. The van der Waals surface area contributed by atoms with E-state index in [9.17, 15) is 9.18 Å². The molecule has 1 amide bonds. The summed E-state index contributed by atoms with van der Waals surface area (Å²) >= 11 is 0. The molecule has 0 saturated carbocycles. The van der Waals surface area contributed by atoms with E-state index in [1.165, 1.54) is 18.2 Å². The van der Waals surface area contributed by atoms with Gasteiger partial charge in [0.1, 0.15) is 5.82 Å². The van der Waals surface area contributed by atoms with Crippen LogP contribution in [0, 0.1) is 5.82 Å². The Kier molecular flexibility index (Phi) is 2.45. The van der Waals surface area contributed by atoms with Crippen LogP contribution >= 0.6 is 0 Å². The van der Waals surface area contributed by atoms with Gasteiger partial charge >= 0.3 is 0 Å². The fourth-order valence-electron chi connectivity index (χ4n) is 1.12. The smallest absolute Gasteiger partial charge is 0.251 e. The van der Waals surface area contributed by atoms with E-state index in [4.69, 9.17) is 4.74 Å². The summed E-state index contributed by atoms with van der Waals surface area (Å²) in [5.41, 5.74) is 0.339. The summed E-state index contributed by atoms with van der Waals surface area (Å²) in [5.74, 6) is -0.666. The molecule has 0 radical (unpaired) electrons. The van der Waals surface area contributed by atoms with Crippen LogP contribution in [0.3, 0.4) is 0 Å². The van der Waals surface area contributed by atoms with Crippen molar-refractivity contribution in [3.05, 3.63) is 35.6 Å². The van der Waals surface area contributed by atoms with Crippen LogP contribution in [0.4, 0.5) is 4.39 Å². The van der Waals surface area contributed by atoms with Crippen molar-refractivity contribution in [3.8, 4) is 0 Å². The number of carbonyl (C=O) groups excluding carboxylic acids is 1. The van der Waals surface area contributed by atoms with Crippen LogP contribution in [0.2, 0.25) is 0 Å². The summed E-state index contributed by atoms with van der Waals surface area (Å²) in [6.07, 6.45) is 0.146. The monoisotopic (exact) mass is 195 g/mol. The zero-order valence-electron chi connectivity index (χ0n) is 7.50. The topological polar surface area (TPSA) is 41.6 Å². The third-order valence-corrected chi connectivity index (χ3v) is 1.98. The molecule has 1 saturated heterocycles. The molecule has 4 heteroatoms. The minimum Gasteiger partial charge on any atom is -0.371 e. The van der Waals surface area contributed by atoms with E-state index in [2.05, 4.69) is 5.32 Å². The normalized spacial score (nSPS) is 19.1. The van der Waals surface area contributed by atoms with Gasteiger partial charge in [0.15, 0.2) is 0 Å². The fourth-order valence-corrected chi connectivity index (χ4v) is 1.12. The van der Waals surface area contributed by atoms with Crippen molar-refractivity contribution in [3.63, 3.8) is 0 Å². The van der Waals surface area contributed by atoms with Crippen LogP contribution in [0.25, 0.3) is 0 Å². The van der Waals surface area contributed by atoms with Gasteiger partial charge in [-0.15, -0.1) is 0 Å². The van der Waals surface area contributed by atoms with E-state index in [-0.39, 0.29) is 12.0 Å². The Morgan fingerprint density at radius 2 is 2.43 bits per heavy atom. The summed E-state index contributed by atoms with van der Waals surface area (Å²) in [6, 6.07) is 5.61. The maximum absolute atomic E-state index is 12.7. The van der Waals surface area contributed by atoms with Crippen molar-refractivity contribution in [2.75, 3.05) is 13.2 Å². The molecule has 14 heavy (non-hydrogen) atoms. The lowest BCUT2D eigenvalue weighted by Gasteiger charge is -2.02. The van der Waals surface area contributed by atoms with E-state index < -0.39 is 5.82 Å². The summed E-state index contributed by atoms with van der Waals surface area (Å²) in [7, 11) is 0. The summed E-state index contributed by atoms with van der Waals surface area (Å²) in [6.45, 7) is 1.19. The molecule has 0 bridgehead atoms. The standard InChI is InChI=1S/C10H10FNO2/c11-8-3-1-2-7(4-8)10(13)12-5-9-6-14-9/h1-4,9H,5-6H2,(H,12,13)/t9-/m1/s1. The zero-order valence-corrected chi connectivity index (χ0v) is 7.50. The maximum atomic E-state index is 12.7. The number of rotatable bonds is 3. The number of benzene rings is 1. The molecular weight excluding hydrogens is 185 g/mol. The first-order valence-corrected chi connectivity index (χ1v) is 4.41. The molecule has 1 N–H and O–H groups in total. The van der Waals surface area contributed by atoms with Gasteiger partial charge in [0, 0.05) is 12.1 Å². The van der Waals surface area contributed by atoms with Crippen molar-refractivity contribution in [1.82, 2.24) is 5.32 Å². The zero-order chi connectivity index (χ0) is 9.97. The average molecular weight is 195 g/mol. The molecule has 0 unspecified atom stereocenters. The predicted octanol–water partition coefficient (Wildman–Crippen LogP) is 0.954. The van der Waals surface area contributed by atoms with E-state index in [0.717, 1.165) is 0 Å². The molecule has 1 aliphatic rings. The Balaban J connectivity index is 1.95. The molecule has 1 heterocycles. The van der Waals surface area contributed by atoms with Gasteiger partial charge in [0.05, 0.1) is 12.7 Å². The molecule has 1 aromatic carbocycles. The minimum absolute atomic E-state index is 0.146. The fraction of sp³-hybridized carbons (Fsp3) is 0.300. The van der Waals surface area contributed by atoms with Crippen LogP contribution < -0.4 is 5.32 Å². The van der Waals surface area contributed by atoms with Gasteiger partial charge < -0.3 is 10.1 Å². The molecule has 0 aromatic heterocycles. The number of carbonyl (C=O) groups is 1. The van der Waals surface area contributed by atoms with Gasteiger partial charge in [0.25, 0.3) is 5.91 Å². The van der Waals surface area contributed by atoms with E-state index >= 15 is 0 Å². The lowest BCUT2D eigenvalue weighted by atomic mass is 10.2. The number of ether oxygens (including phenoxy) is 1.